The number of hydrogen-bond donors (Lipinski definition) is 6. The van der Waals surface area contributed by atoms with E-state index < -0.39 is 28.4 Å². The van der Waals surface area contributed by atoms with Crippen LogP contribution in [0.3, 0.4) is 0 Å². The van der Waals surface area contributed by atoms with Gasteiger partial charge in [0, 0.05) is 19.0 Å². The molecule has 6 N–H and O–H groups in total. The van der Waals surface area contributed by atoms with E-state index in [2.05, 4.69) is 25.9 Å². The van der Waals surface area contributed by atoms with Gasteiger partial charge < -0.3 is 10.3 Å². The van der Waals surface area contributed by atoms with Gasteiger partial charge in [0.05, 0.1) is 11.9 Å². The maximum Gasteiger partial charge on any atom is 0.342 e. The van der Waals surface area contributed by atoms with E-state index >= 15 is 0 Å². The van der Waals surface area contributed by atoms with Crippen LogP contribution < -0.4 is 33.2 Å². The van der Waals surface area contributed by atoms with E-state index in [0.29, 0.717) is 0 Å². The van der Waals surface area contributed by atoms with Crippen LogP contribution in [0, 0.1) is 0 Å². The zero-order valence-electron chi connectivity index (χ0n) is 12.0. The summed E-state index contributed by atoms with van der Waals surface area (Å²) in [6.45, 7) is 0.0608. The predicted molar refractivity (Wildman–Crippen MR) is 82.0 cm³/mol. The third-order valence-corrected chi connectivity index (χ3v) is 2.53. The number of nitrogens with zero attached hydrogens (tertiary/aromatic N) is 2. The molecule has 0 aliphatic rings. The minimum atomic E-state index is -0.740. The summed E-state index contributed by atoms with van der Waals surface area (Å²) in [5.74, 6) is -0.626. The van der Waals surface area contributed by atoms with Crippen LogP contribution in [-0.2, 0) is 4.79 Å². The molecule has 126 valence electrons. The number of nitrogens with one attached hydrogen (secondary N) is 6. The van der Waals surface area contributed by atoms with E-state index in [1.165, 1.54) is 0 Å². The summed E-state index contributed by atoms with van der Waals surface area (Å²) in [6, 6.07) is 1.09. The Hall–Kier alpha value is -3.77. The van der Waals surface area contributed by atoms with E-state index in [1.807, 2.05) is 15.1 Å². The fourth-order valence-electron chi connectivity index (χ4n) is 1.55. The van der Waals surface area contributed by atoms with Crippen molar-refractivity contribution in [2.45, 2.75) is 6.42 Å². The lowest BCUT2D eigenvalue weighted by Crippen LogP contribution is -2.28. The molecule has 0 radical (unpaired) electrons. The number of aromatic nitrogens is 5. The van der Waals surface area contributed by atoms with E-state index in [9.17, 15) is 24.0 Å². The Labute approximate surface area is 131 Å². The first-order chi connectivity index (χ1) is 11.4. The highest BCUT2D eigenvalue weighted by molar-refractivity contribution is 5.80. The number of rotatable bonds is 6. The molecule has 0 unspecified atom stereocenters. The maximum atomic E-state index is 11.5. The molecule has 0 aromatic carbocycles. The molecule has 0 saturated carbocycles. The lowest BCUT2D eigenvalue weighted by Gasteiger charge is -2.02. The van der Waals surface area contributed by atoms with Gasteiger partial charge in [-0.05, 0) is 0 Å². The Kier molecular flexibility index (Phi) is 5.17. The molecule has 2 heterocycles. The van der Waals surface area contributed by atoms with Crippen molar-refractivity contribution in [2.75, 3.05) is 11.9 Å². The number of hydrazone groups is 1. The molecular weight excluding hydrogens is 324 g/mol. The smallest absolute Gasteiger partial charge is 0.342 e. The van der Waals surface area contributed by atoms with Crippen LogP contribution in [-0.4, -0.2) is 43.8 Å². The Morgan fingerprint density at radius 1 is 1.17 bits per heavy atom. The van der Waals surface area contributed by atoms with Crippen LogP contribution in [0.25, 0.3) is 0 Å². The highest BCUT2D eigenvalue weighted by Crippen LogP contribution is 1.88. The summed E-state index contributed by atoms with van der Waals surface area (Å²) < 4.78 is 0. The van der Waals surface area contributed by atoms with Crippen LogP contribution in [0.1, 0.15) is 12.1 Å². The van der Waals surface area contributed by atoms with Crippen LogP contribution in [0.4, 0.5) is 5.82 Å². The molecule has 0 aliphatic heterocycles. The Morgan fingerprint density at radius 3 is 2.67 bits per heavy atom. The quantitative estimate of drug-likeness (QED) is 0.235. The molecular formula is C11H12N8O5. The molecule has 2 rings (SSSR count). The Morgan fingerprint density at radius 2 is 1.96 bits per heavy atom. The predicted octanol–water partition coefficient (Wildman–Crippen LogP) is -3.21. The van der Waals surface area contributed by atoms with Crippen LogP contribution in [0.2, 0.25) is 0 Å². The summed E-state index contributed by atoms with van der Waals surface area (Å²) >= 11 is 0. The van der Waals surface area contributed by atoms with Crippen molar-refractivity contribution in [3.8, 4) is 0 Å². The average Bonchev–Trinajstić information content (AvgIpc) is 2.48. The van der Waals surface area contributed by atoms with Gasteiger partial charge in [0.1, 0.15) is 0 Å². The molecule has 24 heavy (non-hydrogen) atoms. The molecule has 0 aliphatic carbocycles. The van der Waals surface area contributed by atoms with Gasteiger partial charge in [-0.15, -0.1) is 5.10 Å². The van der Waals surface area contributed by atoms with Gasteiger partial charge in [-0.3, -0.25) is 24.4 Å². The molecule has 0 saturated heterocycles. The molecule has 0 spiro atoms. The van der Waals surface area contributed by atoms with Crippen LogP contribution in [0.5, 0.6) is 0 Å². The molecule has 2 aromatic rings. The summed E-state index contributed by atoms with van der Waals surface area (Å²) in [6.07, 6.45) is 1.04. The normalized spacial score (nSPS) is 10.7. The molecule has 2 aromatic heterocycles. The van der Waals surface area contributed by atoms with Gasteiger partial charge in [0.25, 0.3) is 11.1 Å². The van der Waals surface area contributed by atoms with Gasteiger partial charge >= 0.3 is 11.4 Å². The number of aromatic amines is 4. The first-order valence-electron chi connectivity index (χ1n) is 6.52. The number of anilines is 1. The minimum absolute atomic E-state index is 0.0521. The summed E-state index contributed by atoms with van der Waals surface area (Å²) in [5.41, 5.74) is -0.463. The number of amides is 1. The minimum Gasteiger partial charge on any atom is -0.364 e. The average molecular weight is 336 g/mol. The number of carbonyl (C=O) groups excluding carboxylic acids is 1. The second-order valence-corrected chi connectivity index (χ2v) is 4.37. The molecule has 13 heteroatoms. The zero-order valence-corrected chi connectivity index (χ0v) is 12.0. The van der Waals surface area contributed by atoms with Crippen LogP contribution >= 0.6 is 0 Å². The van der Waals surface area contributed by atoms with Crippen molar-refractivity contribution in [3.05, 3.63) is 53.4 Å². The van der Waals surface area contributed by atoms with E-state index in [1.54, 1.807) is 0 Å². The number of carbonyl (C=O) groups is 1. The lowest BCUT2D eigenvalue weighted by atomic mass is 10.4. The summed E-state index contributed by atoms with van der Waals surface area (Å²) in [5, 5.41) is 11.6. The Bertz CT molecular complexity index is 953. The van der Waals surface area contributed by atoms with E-state index in [4.69, 9.17) is 0 Å². The Balaban J connectivity index is 1.82. The van der Waals surface area contributed by atoms with Crippen molar-refractivity contribution in [3.63, 3.8) is 0 Å². The highest BCUT2D eigenvalue weighted by Gasteiger charge is 2.03. The van der Waals surface area contributed by atoms with E-state index in [0.717, 1.165) is 12.3 Å². The molecule has 0 atom stereocenters. The first-order valence-corrected chi connectivity index (χ1v) is 6.52. The van der Waals surface area contributed by atoms with E-state index in [-0.39, 0.29) is 24.5 Å². The molecule has 0 fully saturated rings. The second kappa shape index (κ2) is 7.48. The van der Waals surface area contributed by atoms with Crippen molar-refractivity contribution < 1.29 is 4.79 Å². The number of H-pyrrole nitrogens is 4. The monoisotopic (exact) mass is 336 g/mol. The second-order valence-electron chi connectivity index (χ2n) is 4.37. The van der Waals surface area contributed by atoms with Gasteiger partial charge in [-0.1, -0.05) is 0 Å². The molecule has 13 nitrogen and oxygen atoms in total. The van der Waals surface area contributed by atoms with Gasteiger partial charge in [-0.2, -0.15) is 5.10 Å². The fraction of sp³-hybridized carbons (Fsp3) is 0.182. The van der Waals surface area contributed by atoms with Crippen molar-refractivity contribution in [1.82, 2.24) is 30.6 Å². The lowest BCUT2D eigenvalue weighted by molar-refractivity contribution is -0.120. The summed E-state index contributed by atoms with van der Waals surface area (Å²) in [4.78, 5) is 61.9. The fourth-order valence-corrected chi connectivity index (χ4v) is 1.55. The largest absolute Gasteiger partial charge is 0.364 e. The van der Waals surface area contributed by atoms with Crippen molar-refractivity contribution in [2.24, 2.45) is 5.10 Å². The van der Waals surface area contributed by atoms with Crippen LogP contribution in [0.15, 0.2) is 30.3 Å². The van der Waals surface area contributed by atoms with Crippen molar-refractivity contribution >= 4 is 17.9 Å². The maximum absolute atomic E-state index is 11.5. The third kappa shape index (κ3) is 4.90. The van der Waals surface area contributed by atoms with Gasteiger partial charge in [-0.25, -0.2) is 20.1 Å². The summed E-state index contributed by atoms with van der Waals surface area (Å²) in [7, 11) is 0. The van der Waals surface area contributed by atoms with Crippen molar-refractivity contribution in [1.29, 1.82) is 0 Å². The molecule has 1 amide bonds. The molecule has 0 bridgehead atoms. The topological polar surface area (TPSA) is 198 Å². The SMILES string of the molecule is O=C(CCNc1n[nH]c(=O)[nH]c1=O)N/N=C/c1cc(=O)[nH]c(=O)[nH]1. The standard InChI is InChI=1S/C11H12N8O5/c20-6(1-2-12-8-9(22)16-11(24)19-18-8)17-13-4-5-3-7(21)15-10(23)14-5/h3-4H,1-2H2,(H,12,18)(H,17,20)(H2,14,15,21,23)(H2,16,19,22,24)/b13-4+. The number of hydrogen-bond acceptors (Lipinski definition) is 8. The van der Waals surface area contributed by atoms with Gasteiger partial charge in [0.15, 0.2) is 0 Å². The zero-order chi connectivity index (χ0) is 17.5. The van der Waals surface area contributed by atoms with Gasteiger partial charge in [0.2, 0.25) is 11.7 Å². The highest BCUT2D eigenvalue weighted by atomic mass is 16.2. The third-order valence-electron chi connectivity index (χ3n) is 2.53. The first kappa shape index (κ1) is 16.6.